The molecule has 108 valence electrons. The van der Waals surface area contributed by atoms with Gasteiger partial charge in [-0.25, -0.2) is 4.79 Å². The molecule has 0 spiro atoms. The van der Waals surface area contributed by atoms with Gasteiger partial charge in [0.05, 0.1) is 13.7 Å². The fourth-order valence-electron chi connectivity index (χ4n) is 1.62. The van der Waals surface area contributed by atoms with Crippen LogP contribution in [0.4, 0.5) is 0 Å². The molecule has 1 aromatic rings. The van der Waals surface area contributed by atoms with Crippen LogP contribution in [0.3, 0.4) is 0 Å². The quantitative estimate of drug-likeness (QED) is 0.504. The van der Waals surface area contributed by atoms with E-state index in [-0.39, 0.29) is 5.97 Å². The molecule has 0 aliphatic rings. The Kier molecular flexibility index (Phi) is 7.17. The molecule has 0 aromatic carbocycles. The van der Waals surface area contributed by atoms with Crippen molar-refractivity contribution in [3.63, 3.8) is 0 Å². The molecule has 1 heterocycles. The zero-order valence-corrected chi connectivity index (χ0v) is 11.9. The van der Waals surface area contributed by atoms with Gasteiger partial charge in [0.2, 0.25) is 0 Å². The van der Waals surface area contributed by atoms with Crippen LogP contribution in [0, 0.1) is 0 Å². The van der Waals surface area contributed by atoms with Gasteiger partial charge in [-0.15, -0.1) is 0 Å². The molecule has 0 bridgehead atoms. The van der Waals surface area contributed by atoms with Gasteiger partial charge >= 0.3 is 5.97 Å². The Morgan fingerprint density at radius 1 is 1.37 bits per heavy atom. The second-order valence-corrected chi connectivity index (χ2v) is 4.36. The lowest BCUT2D eigenvalue weighted by molar-refractivity contribution is 0.0594. The first-order valence-corrected chi connectivity index (χ1v) is 6.31. The number of rotatable bonds is 9. The summed E-state index contributed by atoms with van der Waals surface area (Å²) in [6.45, 7) is 4.21. The summed E-state index contributed by atoms with van der Waals surface area (Å²) in [5.41, 5.74) is 1.46. The number of methoxy groups -OCH3 is 2. The fraction of sp³-hybridized carbons (Fsp3) is 0.615. The Hall–Kier alpha value is -1.37. The Morgan fingerprint density at radius 2 is 2.16 bits per heavy atom. The third-order valence-corrected chi connectivity index (χ3v) is 2.81. The number of likely N-dealkylation sites (N-methyl/N-ethyl adjacent to an activating group) is 1. The van der Waals surface area contributed by atoms with Gasteiger partial charge in [0.1, 0.15) is 5.69 Å². The highest BCUT2D eigenvalue weighted by Crippen LogP contribution is 2.02. The lowest BCUT2D eigenvalue weighted by Gasteiger charge is -2.15. The largest absolute Gasteiger partial charge is 0.464 e. The number of ether oxygens (including phenoxy) is 2. The lowest BCUT2D eigenvalue weighted by Crippen LogP contribution is -2.31. The first-order valence-electron chi connectivity index (χ1n) is 6.31. The first kappa shape index (κ1) is 15.7. The summed E-state index contributed by atoms with van der Waals surface area (Å²) in [5.74, 6) is -0.342. The minimum absolute atomic E-state index is 0.342. The van der Waals surface area contributed by atoms with Crippen LogP contribution >= 0.6 is 0 Å². The molecular formula is C13H23N3O3. The fourth-order valence-corrected chi connectivity index (χ4v) is 1.62. The number of hydrogen-bond acceptors (Lipinski definition) is 5. The van der Waals surface area contributed by atoms with E-state index in [1.807, 2.05) is 6.07 Å². The summed E-state index contributed by atoms with van der Waals surface area (Å²) in [5, 5.41) is 3.31. The first-order chi connectivity index (χ1) is 9.17. The highest BCUT2D eigenvalue weighted by Gasteiger charge is 2.07. The highest BCUT2D eigenvalue weighted by molar-refractivity contribution is 5.87. The molecule has 6 nitrogen and oxygen atoms in total. The third kappa shape index (κ3) is 5.87. The number of carbonyl (C=O) groups excluding carboxylic acids is 1. The average molecular weight is 269 g/mol. The maximum absolute atomic E-state index is 11.3. The number of esters is 1. The Bertz CT molecular complexity index is 379. The number of H-pyrrole nitrogens is 1. The number of nitrogens with one attached hydrogen (secondary N) is 2. The second kappa shape index (κ2) is 8.68. The van der Waals surface area contributed by atoms with Gasteiger partial charge in [-0.3, -0.25) is 0 Å². The monoisotopic (exact) mass is 269 g/mol. The minimum Gasteiger partial charge on any atom is -0.464 e. The van der Waals surface area contributed by atoms with E-state index in [0.717, 1.165) is 31.9 Å². The second-order valence-electron chi connectivity index (χ2n) is 4.36. The SMILES string of the molecule is COCCN(C)CCNCc1ccc(C(=O)OC)[nH]1. The van der Waals surface area contributed by atoms with Crippen molar-refractivity contribution in [3.05, 3.63) is 23.5 Å². The average Bonchev–Trinajstić information content (AvgIpc) is 2.89. The minimum atomic E-state index is -0.342. The molecule has 0 fully saturated rings. The topological polar surface area (TPSA) is 66.6 Å². The molecule has 0 radical (unpaired) electrons. The van der Waals surface area contributed by atoms with Gasteiger partial charge in [0.25, 0.3) is 0 Å². The van der Waals surface area contributed by atoms with Crippen molar-refractivity contribution < 1.29 is 14.3 Å². The van der Waals surface area contributed by atoms with Crippen molar-refractivity contribution in [1.82, 2.24) is 15.2 Å². The van der Waals surface area contributed by atoms with Crippen molar-refractivity contribution in [2.24, 2.45) is 0 Å². The third-order valence-electron chi connectivity index (χ3n) is 2.81. The molecule has 0 atom stereocenters. The summed E-state index contributed by atoms with van der Waals surface area (Å²) in [6.07, 6.45) is 0. The van der Waals surface area contributed by atoms with E-state index in [9.17, 15) is 4.79 Å². The van der Waals surface area contributed by atoms with E-state index in [4.69, 9.17) is 4.74 Å². The predicted molar refractivity (Wildman–Crippen MR) is 73.2 cm³/mol. The number of aromatic nitrogens is 1. The summed E-state index contributed by atoms with van der Waals surface area (Å²) in [4.78, 5) is 16.5. The molecule has 0 aliphatic carbocycles. The predicted octanol–water partition coefficient (Wildman–Crippen LogP) is 0.469. The van der Waals surface area contributed by atoms with E-state index in [1.54, 1.807) is 13.2 Å². The molecule has 1 rings (SSSR count). The maximum atomic E-state index is 11.3. The van der Waals surface area contributed by atoms with Crippen molar-refractivity contribution >= 4 is 5.97 Å². The van der Waals surface area contributed by atoms with Crippen LogP contribution in [0.2, 0.25) is 0 Å². The number of carbonyl (C=O) groups is 1. The molecule has 1 aromatic heterocycles. The van der Waals surface area contributed by atoms with E-state index < -0.39 is 0 Å². The standard InChI is InChI=1S/C13H23N3O3/c1-16(8-9-18-2)7-6-14-10-11-4-5-12(15-11)13(17)19-3/h4-5,14-15H,6-10H2,1-3H3. The van der Waals surface area contributed by atoms with E-state index in [0.29, 0.717) is 12.2 Å². The zero-order valence-electron chi connectivity index (χ0n) is 11.9. The van der Waals surface area contributed by atoms with Gasteiger partial charge in [0, 0.05) is 39.0 Å². The summed E-state index contributed by atoms with van der Waals surface area (Å²) < 4.78 is 9.65. The highest BCUT2D eigenvalue weighted by atomic mass is 16.5. The van der Waals surface area contributed by atoms with E-state index in [2.05, 4.69) is 27.0 Å². The Balaban J connectivity index is 2.19. The summed E-state index contributed by atoms with van der Waals surface area (Å²) >= 11 is 0. The van der Waals surface area contributed by atoms with Gasteiger partial charge in [-0.2, -0.15) is 0 Å². The number of aromatic amines is 1. The zero-order chi connectivity index (χ0) is 14.1. The molecule has 19 heavy (non-hydrogen) atoms. The van der Waals surface area contributed by atoms with Crippen LogP contribution in [-0.2, 0) is 16.0 Å². The number of hydrogen-bond donors (Lipinski definition) is 2. The van der Waals surface area contributed by atoms with Gasteiger partial charge in [-0.05, 0) is 19.2 Å². The molecule has 0 amide bonds. The molecule has 0 saturated carbocycles. The van der Waals surface area contributed by atoms with Gasteiger partial charge < -0.3 is 24.7 Å². The Labute approximate surface area is 114 Å². The number of nitrogens with zero attached hydrogens (tertiary/aromatic N) is 1. The van der Waals surface area contributed by atoms with Crippen LogP contribution < -0.4 is 5.32 Å². The van der Waals surface area contributed by atoms with E-state index in [1.165, 1.54) is 7.11 Å². The molecule has 6 heteroatoms. The van der Waals surface area contributed by atoms with E-state index >= 15 is 0 Å². The van der Waals surface area contributed by atoms with Crippen molar-refractivity contribution in [1.29, 1.82) is 0 Å². The van der Waals surface area contributed by atoms with Crippen LogP contribution in [0.5, 0.6) is 0 Å². The molecule has 0 saturated heterocycles. The Morgan fingerprint density at radius 3 is 2.84 bits per heavy atom. The molecule has 0 aliphatic heterocycles. The van der Waals surface area contributed by atoms with Gasteiger partial charge in [-0.1, -0.05) is 0 Å². The molecule has 2 N–H and O–H groups in total. The van der Waals surface area contributed by atoms with Crippen molar-refractivity contribution in [2.75, 3.05) is 47.5 Å². The van der Waals surface area contributed by atoms with Crippen molar-refractivity contribution in [3.8, 4) is 0 Å². The molecular weight excluding hydrogens is 246 g/mol. The van der Waals surface area contributed by atoms with Crippen LogP contribution in [0.1, 0.15) is 16.2 Å². The van der Waals surface area contributed by atoms with Crippen molar-refractivity contribution in [2.45, 2.75) is 6.54 Å². The van der Waals surface area contributed by atoms with Crippen LogP contribution in [0.15, 0.2) is 12.1 Å². The maximum Gasteiger partial charge on any atom is 0.354 e. The summed E-state index contributed by atoms with van der Waals surface area (Å²) in [6, 6.07) is 3.61. The van der Waals surface area contributed by atoms with Gasteiger partial charge in [0.15, 0.2) is 0 Å². The smallest absolute Gasteiger partial charge is 0.354 e. The van der Waals surface area contributed by atoms with Crippen LogP contribution in [0.25, 0.3) is 0 Å². The molecule has 0 unspecified atom stereocenters. The lowest BCUT2D eigenvalue weighted by atomic mass is 10.4. The normalized spacial score (nSPS) is 10.9. The van der Waals surface area contributed by atoms with Crippen LogP contribution in [-0.4, -0.2) is 63.4 Å². The summed E-state index contributed by atoms with van der Waals surface area (Å²) in [7, 11) is 5.14.